The molecular weight excluding hydrogens is 789 g/mol. The highest BCUT2D eigenvalue weighted by Gasteiger charge is 2.47. The Morgan fingerprint density at radius 1 is 0.508 bits per heavy atom. The maximum Gasteiger partial charge on any atom is 0.333 e. The van der Waals surface area contributed by atoms with Gasteiger partial charge in [-0.05, 0) is 139 Å². The summed E-state index contributed by atoms with van der Waals surface area (Å²) in [6, 6.07) is 51.3. The zero-order valence-corrected chi connectivity index (χ0v) is 35.1. The summed E-state index contributed by atoms with van der Waals surface area (Å²) >= 11 is 0. The van der Waals surface area contributed by atoms with Gasteiger partial charge in [-0.15, -0.1) is 0 Å². The lowest BCUT2D eigenvalue weighted by atomic mass is 9.66. The smallest absolute Gasteiger partial charge is 0.333 e. The van der Waals surface area contributed by atoms with Gasteiger partial charge in [0.05, 0.1) is 5.41 Å². The lowest BCUT2D eigenvalue weighted by molar-refractivity contribution is -0.143. The number of hydrogen-bond acceptors (Lipinski definition) is 8. The first-order chi connectivity index (χ1) is 30.5. The van der Waals surface area contributed by atoms with E-state index in [0.29, 0.717) is 11.5 Å². The molecule has 0 spiro atoms. The molecule has 2 N–H and O–H groups in total. The van der Waals surface area contributed by atoms with E-state index in [-0.39, 0.29) is 37.6 Å². The second-order valence-electron chi connectivity index (χ2n) is 16.3. The first-order valence-corrected chi connectivity index (χ1v) is 20.9. The molecule has 8 aromatic rings. The van der Waals surface area contributed by atoms with Crippen molar-refractivity contribution in [2.75, 3.05) is 26.4 Å². The fourth-order valence-electron chi connectivity index (χ4n) is 8.74. The predicted molar refractivity (Wildman–Crippen MR) is 248 cm³/mol. The van der Waals surface area contributed by atoms with Crippen LogP contribution in [0, 0.1) is 0 Å². The Morgan fingerprint density at radius 3 is 1.49 bits per heavy atom. The van der Waals surface area contributed by atoms with Crippen LogP contribution in [0.4, 0.5) is 0 Å². The number of esters is 2. The number of aliphatic hydroxyl groups excluding tert-OH is 2. The number of carbonyl (C=O) groups excluding carboxylic acids is 2. The highest BCUT2D eigenvalue weighted by atomic mass is 16.6. The third kappa shape index (κ3) is 7.80. The Hall–Kier alpha value is -7.26. The molecule has 8 heteroatoms. The van der Waals surface area contributed by atoms with E-state index in [4.69, 9.17) is 18.9 Å². The summed E-state index contributed by atoms with van der Waals surface area (Å²) < 4.78 is 22.1. The molecule has 0 bridgehead atoms. The molecule has 9 rings (SSSR count). The van der Waals surface area contributed by atoms with Gasteiger partial charge in [0.25, 0.3) is 0 Å². The summed E-state index contributed by atoms with van der Waals surface area (Å²) in [5, 5.41) is 29.5. The van der Waals surface area contributed by atoms with Gasteiger partial charge in [0.1, 0.15) is 50.1 Å². The van der Waals surface area contributed by atoms with Crippen molar-refractivity contribution in [2.45, 2.75) is 31.5 Å². The van der Waals surface area contributed by atoms with Crippen molar-refractivity contribution in [3.05, 3.63) is 192 Å². The second kappa shape index (κ2) is 16.9. The minimum atomic E-state index is -1.00. The van der Waals surface area contributed by atoms with Gasteiger partial charge in [-0.25, -0.2) is 9.59 Å². The standard InChI is InChI=1S/C55H46O8/c1-33(2)53(58)62-31-44(56)29-60-46-20-15-38-23-42(18-13-40(38)25-46)55(43-19-14-41-26-47(21-16-39(41)24-43)61-30-45(57)32-63-54(59)34(3)4)51-28-37-11-6-5-10-36(37)27-50(51)49-22-17-35-9-7-8-12-48(35)52(49)55/h5-28,44-45,56-57H,1,3,29-32H2,2,4H3. The van der Waals surface area contributed by atoms with Crippen molar-refractivity contribution >= 4 is 55.0 Å². The van der Waals surface area contributed by atoms with Gasteiger partial charge in [-0.3, -0.25) is 0 Å². The van der Waals surface area contributed by atoms with E-state index in [0.717, 1.165) is 43.4 Å². The van der Waals surface area contributed by atoms with Crippen LogP contribution in [0.2, 0.25) is 0 Å². The van der Waals surface area contributed by atoms with Crippen molar-refractivity contribution in [3.8, 4) is 22.6 Å². The van der Waals surface area contributed by atoms with Gasteiger partial charge in [0.2, 0.25) is 0 Å². The predicted octanol–water partition coefficient (Wildman–Crippen LogP) is 10.4. The van der Waals surface area contributed by atoms with Crippen LogP contribution >= 0.6 is 0 Å². The molecule has 0 saturated carbocycles. The van der Waals surface area contributed by atoms with Gasteiger partial charge in [-0.2, -0.15) is 0 Å². The van der Waals surface area contributed by atoms with Crippen LogP contribution in [0.3, 0.4) is 0 Å². The Kier molecular flexibility index (Phi) is 11.0. The summed E-state index contributed by atoms with van der Waals surface area (Å²) in [5.74, 6) is 0.0608. The average Bonchev–Trinajstić information content (AvgIpc) is 3.59. The molecule has 0 aliphatic heterocycles. The number of ether oxygens (including phenoxy) is 4. The van der Waals surface area contributed by atoms with E-state index in [1.165, 1.54) is 33.0 Å². The van der Waals surface area contributed by atoms with Gasteiger partial charge in [0, 0.05) is 11.1 Å². The SMILES string of the molecule is C=C(C)C(=O)OCC(O)COc1ccc2cc(C3(c4ccc5cc(OCC(O)COC(=O)C(=C)C)ccc5c4)c4cc5ccccc5cc4-c4ccc5ccccc5c43)ccc2c1. The van der Waals surface area contributed by atoms with Crippen LogP contribution in [-0.2, 0) is 24.5 Å². The van der Waals surface area contributed by atoms with E-state index in [9.17, 15) is 19.8 Å². The Morgan fingerprint density at radius 2 is 0.952 bits per heavy atom. The molecule has 8 aromatic carbocycles. The van der Waals surface area contributed by atoms with Crippen molar-refractivity contribution in [2.24, 2.45) is 0 Å². The first-order valence-electron chi connectivity index (χ1n) is 20.9. The minimum Gasteiger partial charge on any atom is -0.491 e. The molecule has 0 saturated heterocycles. The largest absolute Gasteiger partial charge is 0.491 e. The van der Waals surface area contributed by atoms with Crippen molar-refractivity contribution in [1.29, 1.82) is 0 Å². The van der Waals surface area contributed by atoms with E-state index in [1.54, 1.807) is 13.8 Å². The van der Waals surface area contributed by atoms with Crippen LogP contribution in [0.5, 0.6) is 11.5 Å². The Balaban J connectivity index is 1.15. The Bertz CT molecular complexity index is 3000. The van der Waals surface area contributed by atoms with Crippen LogP contribution in [0.1, 0.15) is 36.1 Å². The minimum absolute atomic E-state index is 0.0464. The molecule has 0 fully saturated rings. The maximum atomic E-state index is 11.8. The third-order valence-electron chi connectivity index (χ3n) is 11.8. The molecule has 314 valence electrons. The monoisotopic (exact) mass is 834 g/mol. The zero-order valence-electron chi connectivity index (χ0n) is 35.1. The molecular formula is C55H46O8. The molecule has 0 aromatic heterocycles. The average molecular weight is 835 g/mol. The number of carbonyl (C=O) groups is 2. The number of rotatable bonds is 14. The quantitative estimate of drug-likeness (QED) is 0.0823. The highest BCUT2D eigenvalue weighted by Crippen LogP contribution is 2.59. The van der Waals surface area contributed by atoms with Crippen LogP contribution < -0.4 is 9.47 Å². The maximum absolute atomic E-state index is 11.8. The molecule has 0 amide bonds. The summed E-state index contributed by atoms with van der Waals surface area (Å²) in [5.41, 5.74) is 6.75. The van der Waals surface area contributed by atoms with Crippen LogP contribution in [0.25, 0.3) is 54.2 Å². The van der Waals surface area contributed by atoms with E-state index in [1.807, 2.05) is 36.4 Å². The van der Waals surface area contributed by atoms with Gasteiger partial charge in [-0.1, -0.05) is 110 Å². The van der Waals surface area contributed by atoms with Gasteiger partial charge in [0.15, 0.2) is 0 Å². The molecule has 2 atom stereocenters. The highest BCUT2D eigenvalue weighted by molar-refractivity contribution is 6.04. The fourth-order valence-corrected chi connectivity index (χ4v) is 8.74. The third-order valence-corrected chi connectivity index (χ3v) is 11.8. The fraction of sp³-hybridized carbons (Fsp3) is 0.164. The summed E-state index contributed by atoms with van der Waals surface area (Å²) in [6.07, 6.45) is -2.00. The lowest BCUT2D eigenvalue weighted by Crippen LogP contribution is -2.29. The molecule has 63 heavy (non-hydrogen) atoms. The van der Waals surface area contributed by atoms with E-state index < -0.39 is 29.6 Å². The van der Waals surface area contributed by atoms with Gasteiger partial charge >= 0.3 is 11.9 Å². The topological polar surface area (TPSA) is 112 Å². The summed E-state index contributed by atoms with van der Waals surface area (Å²) in [7, 11) is 0. The number of fused-ring (bicyclic) bond motifs is 8. The second-order valence-corrected chi connectivity index (χ2v) is 16.3. The van der Waals surface area contributed by atoms with Crippen molar-refractivity contribution in [1.82, 2.24) is 0 Å². The lowest BCUT2D eigenvalue weighted by Gasteiger charge is -2.35. The zero-order chi connectivity index (χ0) is 43.8. The molecule has 1 aliphatic rings. The molecule has 0 heterocycles. The normalized spacial score (nSPS) is 15.1. The number of aliphatic hydroxyl groups is 2. The van der Waals surface area contributed by atoms with Crippen molar-refractivity contribution < 1.29 is 38.7 Å². The van der Waals surface area contributed by atoms with E-state index in [2.05, 4.69) is 122 Å². The molecule has 2 unspecified atom stereocenters. The number of hydrogen-bond donors (Lipinski definition) is 2. The van der Waals surface area contributed by atoms with Crippen LogP contribution in [-0.4, -0.2) is 60.8 Å². The summed E-state index contributed by atoms with van der Waals surface area (Å²) in [6.45, 7) is 9.80. The molecule has 8 nitrogen and oxygen atoms in total. The summed E-state index contributed by atoms with van der Waals surface area (Å²) in [4.78, 5) is 23.6. The first kappa shape index (κ1) is 41.1. The van der Waals surface area contributed by atoms with Crippen molar-refractivity contribution in [3.63, 3.8) is 0 Å². The Labute approximate surface area is 365 Å². The molecule has 1 aliphatic carbocycles. The van der Waals surface area contributed by atoms with E-state index >= 15 is 0 Å². The van der Waals surface area contributed by atoms with Crippen LogP contribution in [0.15, 0.2) is 170 Å². The van der Waals surface area contributed by atoms with Gasteiger partial charge < -0.3 is 29.2 Å². The number of benzene rings is 8. The molecule has 0 radical (unpaired) electrons.